The van der Waals surface area contributed by atoms with Gasteiger partial charge >= 0.3 is 6.03 Å². The minimum absolute atomic E-state index is 0.434. The molecular formula is C15H25N3O. The Balaban J connectivity index is 2.99. The van der Waals surface area contributed by atoms with E-state index in [9.17, 15) is 4.79 Å². The zero-order valence-electron chi connectivity index (χ0n) is 11.7. The van der Waals surface area contributed by atoms with Crippen LogP contribution in [-0.4, -0.2) is 12.6 Å². The first-order valence-corrected chi connectivity index (χ1v) is 6.98. The number of primary amides is 1. The van der Waals surface area contributed by atoms with Crippen LogP contribution in [0.4, 0.5) is 4.79 Å². The average molecular weight is 263 g/mol. The summed E-state index contributed by atoms with van der Waals surface area (Å²) in [5, 5.41) is 2.93. The molecule has 4 heteroatoms. The van der Waals surface area contributed by atoms with Gasteiger partial charge in [0.05, 0.1) is 5.54 Å². The molecule has 0 saturated heterocycles. The van der Waals surface area contributed by atoms with Crippen molar-refractivity contribution < 1.29 is 4.79 Å². The molecule has 5 N–H and O–H groups in total. The minimum Gasteiger partial charge on any atom is -0.352 e. The molecule has 0 aliphatic heterocycles. The summed E-state index contributed by atoms with van der Waals surface area (Å²) < 4.78 is 0. The van der Waals surface area contributed by atoms with Gasteiger partial charge in [0, 0.05) is 0 Å². The molecule has 0 spiro atoms. The van der Waals surface area contributed by atoms with E-state index in [1.807, 2.05) is 30.3 Å². The monoisotopic (exact) mass is 263 g/mol. The molecule has 0 aromatic heterocycles. The number of carbonyl (C=O) groups excluding carboxylic acids is 1. The lowest BCUT2D eigenvalue weighted by molar-refractivity contribution is 0.223. The van der Waals surface area contributed by atoms with E-state index in [1.54, 1.807) is 0 Å². The molecular weight excluding hydrogens is 238 g/mol. The number of benzene rings is 1. The number of hydrogen-bond donors (Lipinski definition) is 3. The van der Waals surface area contributed by atoms with E-state index >= 15 is 0 Å². The number of unbranched alkanes of at least 4 members (excludes halogenated alkanes) is 2. The molecule has 0 aliphatic carbocycles. The maximum atomic E-state index is 11.4. The molecule has 1 unspecified atom stereocenters. The van der Waals surface area contributed by atoms with Crippen LogP contribution in [0.25, 0.3) is 0 Å². The van der Waals surface area contributed by atoms with Crippen molar-refractivity contribution in [3.63, 3.8) is 0 Å². The summed E-state index contributed by atoms with van der Waals surface area (Å²) in [7, 11) is 0. The number of nitrogens with two attached hydrogens (primary N) is 2. The van der Waals surface area contributed by atoms with E-state index in [1.165, 1.54) is 0 Å². The summed E-state index contributed by atoms with van der Waals surface area (Å²) >= 11 is 0. The van der Waals surface area contributed by atoms with Crippen LogP contribution in [0.15, 0.2) is 30.3 Å². The van der Waals surface area contributed by atoms with Crippen molar-refractivity contribution in [2.45, 2.75) is 44.6 Å². The van der Waals surface area contributed by atoms with E-state index in [2.05, 4.69) is 12.2 Å². The van der Waals surface area contributed by atoms with Crippen LogP contribution in [-0.2, 0) is 5.54 Å². The van der Waals surface area contributed by atoms with Crippen LogP contribution < -0.4 is 16.8 Å². The lowest BCUT2D eigenvalue weighted by atomic mass is 9.82. The van der Waals surface area contributed by atoms with Gasteiger partial charge in [-0.2, -0.15) is 0 Å². The van der Waals surface area contributed by atoms with Crippen LogP contribution >= 0.6 is 0 Å². The van der Waals surface area contributed by atoms with Crippen LogP contribution in [0.1, 0.15) is 44.6 Å². The Kier molecular flexibility index (Phi) is 6.36. The van der Waals surface area contributed by atoms with Crippen LogP contribution in [0.5, 0.6) is 0 Å². The summed E-state index contributed by atoms with van der Waals surface area (Å²) in [5.74, 6) is 0. The van der Waals surface area contributed by atoms with Gasteiger partial charge in [0.1, 0.15) is 0 Å². The Morgan fingerprint density at radius 1 is 1.21 bits per heavy atom. The highest BCUT2D eigenvalue weighted by atomic mass is 16.2. The summed E-state index contributed by atoms with van der Waals surface area (Å²) in [6.07, 6.45) is 4.89. The van der Waals surface area contributed by atoms with E-state index in [0.717, 1.165) is 31.2 Å². The van der Waals surface area contributed by atoms with Gasteiger partial charge in [0.2, 0.25) is 0 Å². The number of rotatable bonds is 8. The molecule has 1 rings (SSSR count). The third-order valence-corrected chi connectivity index (χ3v) is 3.47. The second-order valence-electron chi connectivity index (χ2n) is 4.93. The van der Waals surface area contributed by atoms with E-state index in [0.29, 0.717) is 13.0 Å². The molecule has 19 heavy (non-hydrogen) atoms. The first kappa shape index (κ1) is 15.5. The molecule has 0 aliphatic rings. The molecule has 0 saturated carbocycles. The van der Waals surface area contributed by atoms with Gasteiger partial charge in [-0.05, 0) is 24.9 Å². The fourth-order valence-corrected chi connectivity index (χ4v) is 2.53. The fourth-order valence-electron chi connectivity index (χ4n) is 2.53. The fraction of sp³-hybridized carbons (Fsp3) is 0.533. The Labute approximate surface area is 115 Å². The molecule has 1 aromatic carbocycles. The van der Waals surface area contributed by atoms with Gasteiger partial charge in [-0.15, -0.1) is 0 Å². The second kappa shape index (κ2) is 7.79. The Hall–Kier alpha value is -1.55. The Morgan fingerprint density at radius 3 is 2.42 bits per heavy atom. The zero-order chi connectivity index (χ0) is 14.1. The lowest BCUT2D eigenvalue weighted by Gasteiger charge is -2.35. The van der Waals surface area contributed by atoms with Crippen LogP contribution in [0.2, 0.25) is 0 Å². The highest BCUT2D eigenvalue weighted by Crippen LogP contribution is 2.30. The quantitative estimate of drug-likeness (QED) is 0.630. The average Bonchev–Trinajstić information content (AvgIpc) is 2.39. The standard InChI is InChI=1S/C15H25N3O/c1-2-3-7-10-15(11-12-16,18-14(17)19)13-8-5-4-6-9-13/h4-6,8-9H,2-3,7,10-12,16H2,1H3,(H3,17,18,19). The molecule has 0 radical (unpaired) electrons. The van der Waals surface area contributed by atoms with Crippen LogP contribution in [0, 0.1) is 0 Å². The normalized spacial score (nSPS) is 13.8. The zero-order valence-corrected chi connectivity index (χ0v) is 11.7. The third kappa shape index (κ3) is 4.56. The summed E-state index contributed by atoms with van der Waals surface area (Å²) in [4.78, 5) is 11.4. The molecule has 1 aromatic rings. The molecule has 0 heterocycles. The number of urea groups is 1. The number of amides is 2. The number of carbonyl (C=O) groups is 1. The first-order chi connectivity index (χ1) is 9.14. The van der Waals surface area contributed by atoms with E-state index < -0.39 is 11.6 Å². The van der Waals surface area contributed by atoms with Crippen molar-refractivity contribution in [3.8, 4) is 0 Å². The van der Waals surface area contributed by atoms with E-state index in [-0.39, 0.29) is 0 Å². The van der Waals surface area contributed by atoms with Crippen molar-refractivity contribution in [3.05, 3.63) is 35.9 Å². The summed E-state index contributed by atoms with van der Waals surface area (Å²) in [6, 6.07) is 9.47. The van der Waals surface area contributed by atoms with Gasteiger partial charge in [-0.3, -0.25) is 0 Å². The number of hydrogen-bond acceptors (Lipinski definition) is 2. The SMILES string of the molecule is CCCCCC(CCN)(NC(N)=O)c1ccccc1. The van der Waals surface area contributed by atoms with Gasteiger partial charge in [0.15, 0.2) is 0 Å². The lowest BCUT2D eigenvalue weighted by Crippen LogP contribution is -2.49. The first-order valence-electron chi connectivity index (χ1n) is 6.98. The van der Waals surface area contributed by atoms with Gasteiger partial charge in [-0.25, -0.2) is 4.79 Å². The van der Waals surface area contributed by atoms with Crippen molar-refractivity contribution >= 4 is 6.03 Å². The topological polar surface area (TPSA) is 81.1 Å². The predicted molar refractivity (Wildman–Crippen MR) is 78.7 cm³/mol. The molecule has 2 amide bonds. The predicted octanol–water partition coefficient (Wildman–Crippen LogP) is 2.48. The summed E-state index contributed by atoms with van der Waals surface area (Å²) in [6.45, 7) is 2.68. The van der Waals surface area contributed by atoms with Crippen molar-refractivity contribution in [2.75, 3.05) is 6.54 Å². The van der Waals surface area contributed by atoms with Gasteiger partial charge in [0.25, 0.3) is 0 Å². The van der Waals surface area contributed by atoms with Crippen molar-refractivity contribution in [1.29, 1.82) is 0 Å². The second-order valence-corrected chi connectivity index (χ2v) is 4.93. The van der Waals surface area contributed by atoms with Crippen molar-refractivity contribution in [1.82, 2.24) is 5.32 Å². The van der Waals surface area contributed by atoms with Crippen molar-refractivity contribution in [2.24, 2.45) is 11.5 Å². The molecule has 4 nitrogen and oxygen atoms in total. The summed E-state index contributed by atoms with van der Waals surface area (Å²) in [5.41, 5.74) is 11.7. The van der Waals surface area contributed by atoms with Gasteiger partial charge < -0.3 is 16.8 Å². The molecule has 1 atom stereocenters. The highest BCUT2D eigenvalue weighted by molar-refractivity contribution is 5.73. The molecule has 0 bridgehead atoms. The van der Waals surface area contributed by atoms with Gasteiger partial charge in [-0.1, -0.05) is 56.5 Å². The highest BCUT2D eigenvalue weighted by Gasteiger charge is 2.31. The van der Waals surface area contributed by atoms with Crippen LogP contribution in [0.3, 0.4) is 0 Å². The number of nitrogens with one attached hydrogen (secondary N) is 1. The Morgan fingerprint density at radius 2 is 1.89 bits per heavy atom. The van der Waals surface area contributed by atoms with E-state index in [4.69, 9.17) is 11.5 Å². The Bertz CT molecular complexity index is 380. The molecule has 106 valence electrons. The smallest absolute Gasteiger partial charge is 0.312 e. The largest absolute Gasteiger partial charge is 0.352 e. The minimum atomic E-state index is -0.492. The maximum absolute atomic E-state index is 11.4. The third-order valence-electron chi connectivity index (χ3n) is 3.47. The maximum Gasteiger partial charge on any atom is 0.312 e. The molecule has 0 fully saturated rings.